The van der Waals surface area contributed by atoms with Crippen molar-refractivity contribution >= 4 is 11.9 Å². The van der Waals surface area contributed by atoms with Crippen LogP contribution in [0, 0.1) is 5.92 Å². The van der Waals surface area contributed by atoms with Crippen molar-refractivity contribution < 1.29 is 14.7 Å². The Bertz CT molecular complexity index is 420. The Hall–Kier alpha value is -1.58. The maximum absolute atomic E-state index is 12.1. The van der Waals surface area contributed by atoms with E-state index in [1.54, 1.807) is 0 Å². The Balaban J connectivity index is 2.24. The van der Waals surface area contributed by atoms with Crippen molar-refractivity contribution in [3.8, 4) is 0 Å². The lowest BCUT2D eigenvalue weighted by atomic mass is 10.0. The molecule has 1 amide bonds. The smallest absolute Gasteiger partial charge is 0.326 e. The van der Waals surface area contributed by atoms with E-state index in [9.17, 15) is 14.7 Å². The van der Waals surface area contributed by atoms with Gasteiger partial charge in [0.1, 0.15) is 6.04 Å². The Morgan fingerprint density at radius 2 is 2.18 bits per heavy atom. The quantitative estimate of drug-likeness (QED) is 0.808. The summed E-state index contributed by atoms with van der Waals surface area (Å²) in [5, 5.41) is 9.22. The topological polar surface area (TPSA) is 57.6 Å². The number of hydrogen-bond acceptors (Lipinski definition) is 2. The fourth-order valence-corrected chi connectivity index (χ4v) is 2.53. The minimum Gasteiger partial charge on any atom is -0.480 e. The van der Waals surface area contributed by atoms with Crippen molar-refractivity contribution in [1.82, 2.24) is 4.90 Å². The van der Waals surface area contributed by atoms with Crippen LogP contribution < -0.4 is 0 Å². The lowest BCUT2D eigenvalue weighted by Crippen LogP contribution is -2.46. The van der Waals surface area contributed by atoms with E-state index in [0.29, 0.717) is 12.1 Å². The fraction of sp³-hybridized carbons (Fsp3) is 0.538. The van der Waals surface area contributed by atoms with Crippen molar-refractivity contribution in [2.45, 2.75) is 32.7 Å². The summed E-state index contributed by atoms with van der Waals surface area (Å²) in [6, 6.07) is -0.721. The van der Waals surface area contributed by atoms with E-state index in [1.165, 1.54) is 4.90 Å². The predicted octanol–water partition coefficient (Wildman–Crippen LogP) is 1.58. The number of amides is 1. The van der Waals surface area contributed by atoms with Crippen molar-refractivity contribution in [3.05, 3.63) is 23.3 Å². The number of rotatable bonds is 3. The molecule has 1 aliphatic carbocycles. The molecular formula is C13H17NO3. The van der Waals surface area contributed by atoms with Gasteiger partial charge in [0.2, 0.25) is 0 Å². The van der Waals surface area contributed by atoms with Crippen LogP contribution in [0.2, 0.25) is 0 Å². The van der Waals surface area contributed by atoms with Crippen LogP contribution in [-0.2, 0) is 9.59 Å². The lowest BCUT2D eigenvalue weighted by Gasteiger charge is -2.27. The molecule has 4 heteroatoms. The van der Waals surface area contributed by atoms with E-state index in [-0.39, 0.29) is 11.8 Å². The molecule has 0 saturated heterocycles. The van der Waals surface area contributed by atoms with Crippen LogP contribution in [0.5, 0.6) is 0 Å². The maximum atomic E-state index is 12.1. The normalized spacial score (nSPS) is 21.1. The summed E-state index contributed by atoms with van der Waals surface area (Å²) < 4.78 is 0. The molecule has 0 aromatic heterocycles. The summed E-state index contributed by atoms with van der Waals surface area (Å²) in [5.74, 6) is -1.13. The summed E-state index contributed by atoms with van der Waals surface area (Å²) in [5.41, 5.74) is 1.80. The minimum atomic E-state index is -0.919. The highest BCUT2D eigenvalue weighted by Crippen LogP contribution is 2.30. The molecule has 0 aromatic rings. The van der Waals surface area contributed by atoms with Crippen LogP contribution in [0.15, 0.2) is 23.3 Å². The minimum absolute atomic E-state index is 0.0817. The highest BCUT2D eigenvalue weighted by atomic mass is 16.4. The molecule has 0 fully saturated rings. The zero-order chi connectivity index (χ0) is 12.6. The fourth-order valence-electron chi connectivity index (χ4n) is 2.53. The Morgan fingerprint density at radius 3 is 2.71 bits per heavy atom. The highest BCUT2D eigenvalue weighted by Gasteiger charge is 2.38. The molecule has 92 valence electrons. The largest absolute Gasteiger partial charge is 0.480 e. The number of hydrogen-bond donors (Lipinski definition) is 1. The average Bonchev–Trinajstić information content (AvgIpc) is 2.56. The number of allylic oxidation sites excluding steroid dienone is 1. The number of carbonyl (C=O) groups is 2. The SMILES string of the molecule is CC(C)C(C(=O)O)N1CC2=C(C=CCC2)C1=O. The van der Waals surface area contributed by atoms with E-state index in [1.807, 2.05) is 26.0 Å². The van der Waals surface area contributed by atoms with Crippen LogP contribution in [0.25, 0.3) is 0 Å². The molecule has 0 saturated carbocycles. The molecule has 4 nitrogen and oxygen atoms in total. The van der Waals surface area contributed by atoms with Gasteiger partial charge in [0, 0.05) is 12.1 Å². The second-order valence-corrected chi connectivity index (χ2v) is 4.92. The molecule has 0 bridgehead atoms. The summed E-state index contributed by atoms with van der Waals surface area (Å²) in [6.45, 7) is 4.14. The molecule has 1 heterocycles. The van der Waals surface area contributed by atoms with E-state index < -0.39 is 12.0 Å². The number of carboxylic acid groups (broad SMARTS) is 1. The Morgan fingerprint density at radius 1 is 1.47 bits per heavy atom. The van der Waals surface area contributed by atoms with Gasteiger partial charge in [0.15, 0.2) is 0 Å². The molecule has 0 radical (unpaired) electrons. The van der Waals surface area contributed by atoms with Gasteiger partial charge in [0.25, 0.3) is 5.91 Å². The molecule has 2 rings (SSSR count). The van der Waals surface area contributed by atoms with Gasteiger partial charge in [-0.15, -0.1) is 0 Å². The molecule has 1 N–H and O–H groups in total. The molecule has 17 heavy (non-hydrogen) atoms. The molecule has 0 aromatic carbocycles. The predicted molar refractivity (Wildman–Crippen MR) is 63.4 cm³/mol. The van der Waals surface area contributed by atoms with Crippen LogP contribution >= 0.6 is 0 Å². The first-order valence-electron chi connectivity index (χ1n) is 5.94. The second kappa shape index (κ2) is 4.35. The van der Waals surface area contributed by atoms with Gasteiger partial charge >= 0.3 is 5.97 Å². The average molecular weight is 235 g/mol. The van der Waals surface area contributed by atoms with Crippen molar-refractivity contribution in [2.75, 3.05) is 6.54 Å². The first kappa shape index (κ1) is 11.9. The third-order valence-electron chi connectivity index (χ3n) is 3.35. The van der Waals surface area contributed by atoms with E-state index in [2.05, 4.69) is 0 Å². The Labute approximate surface area is 101 Å². The zero-order valence-corrected chi connectivity index (χ0v) is 10.1. The molecule has 1 unspecified atom stereocenters. The number of carboxylic acids is 1. The van der Waals surface area contributed by atoms with Gasteiger partial charge in [-0.3, -0.25) is 4.79 Å². The van der Waals surface area contributed by atoms with Crippen LogP contribution in [-0.4, -0.2) is 34.5 Å². The molecule has 2 aliphatic rings. The summed E-state index contributed by atoms with van der Waals surface area (Å²) in [7, 11) is 0. The van der Waals surface area contributed by atoms with Crippen LogP contribution in [0.1, 0.15) is 26.7 Å². The monoisotopic (exact) mass is 235 g/mol. The first-order chi connectivity index (χ1) is 8.02. The van der Waals surface area contributed by atoms with Crippen LogP contribution in [0.3, 0.4) is 0 Å². The van der Waals surface area contributed by atoms with Crippen LogP contribution in [0.4, 0.5) is 0 Å². The summed E-state index contributed by atoms with van der Waals surface area (Å²) >= 11 is 0. The van der Waals surface area contributed by atoms with E-state index in [0.717, 1.165) is 18.4 Å². The van der Waals surface area contributed by atoms with Gasteiger partial charge in [0.05, 0.1) is 0 Å². The third kappa shape index (κ3) is 1.99. The Kier molecular flexibility index (Phi) is 3.05. The maximum Gasteiger partial charge on any atom is 0.326 e. The van der Waals surface area contributed by atoms with E-state index in [4.69, 9.17) is 0 Å². The van der Waals surface area contributed by atoms with Gasteiger partial charge < -0.3 is 10.0 Å². The molecular weight excluding hydrogens is 218 g/mol. The first-order valence-corrected chi connectivity index (χ1v) is 5.94. The number of carbonyl (C=O) groups excluding carboxylic acids is 1. The number of aliphatic carboxylic acids is 1. The number of nitrogens with zero attached hydrogens (tertiary/aromatic N) is 1. The van der Waals surface area contributed by atoms with Gasteiger partial charge in [-0.25, -0.2) is 4.79 Å². The van der Waals surface area contributed by atoms with Crippen molar-refractivity contribution in [2.24, 2.45) is 5.92 Å². The van der Waals surface area contributed by atoms with E-state index >= 15 is 0 Å². The van der Waals surface area contributed by atoms with Gasteiger partial charge in [-0.2, -0.15) is 0 Å². The zero-order valence-electron chi connectivity index (χ0n) is 10.1. The second-order valence-electron chi connectivity index (χ2n) is 4.92. The van der Waals surface area contributed by atoms with Gasteiger partial charge in [-0.1, -0.05) is 26.0 Å². The van der Waals surface area contributed by atoms with Crippen molar-refractivity contribution in [1.29, 1.82) is 0 Å². The third-order valence-corrected chi connectivity index (χ3v) is 3.35. The van der Waals surface area contributed by atoms with Gasteiger partial charge in [-0.05, 0) is 24.3 Å². The standard InChI is InChI=1S/C13H17NO3/c1-8(2)11(13(16)17)14-7-9-5-3-4-6-10(9)12(14)15/h4,6,8,11H,3,5,7H2,1-2H3,(H,16,17). The summed E-state index contributed by atoms with van der Waals surface area (Å²) in [4.78, 5) is 24.9. The molecule has 0 spiro atoms. The molecule has 1 atom stereocenters. The van der Waals surface area contributed by atoms with Crippen molar-refractivity contribution in [3.63, 3.8) is 0 Å². The molecule has 1 aliphatic heterocycles. The highest BCUT2D eigenvalue weighted by molar-refractivity contribution is 6.02. The lowest BCUT2D eigenvalue weighted by molar-refractivity contribution is -0.149. The summed E-state index contributed by atoms with van der Waals surface area (Å²) in [6.07, 6.45) is 5.63.